The molecule has 0 aromatic carbocycles. The van der Waals surface area contributed by atoms with Crippen LogP contribution in [0.1, 0.15) is 64.2 Å². The molecule has 0 bridgehead atoms. The lowest BCUT2D eigenvalue weighted by molar-refractivity contribution is -0.126. The van der Waals surface area contributed by atoms with Crippen molar-refractivity contribution in [1.82, 2.24) is 0 Å². The van der Waals surface area contributed by atoms with E-state index in [9.17, 15) is 4.79 Å². The van der Waals surface area contributed by atoms with Gasteiger partial charge in [-0.2, -0.15) is 0 Å². The molecule has 0 N–H and O–H groups in total. The number of ketones is 1. The van der Waals surface area contributed by atoms with Crippen molar-refractivity contribution in [2.75, 3.05) is 0 Å². The topological polar surface area (TPSA) is 17.1 Å². The molecule has 1 heteroatoms. The third-order valence-corrected chi connectivity index (χ3v) is 4.07. The first-order valence-electron chi connectivity index (χ1n) is 6.40. The van der Waals surface area contributed by atoms with Gasteiger partial charge < -0.3 is 0 Å². The lowest BCUT2D eigenvalue weighted by Gasteiger charge is -2.28. The highest BCUT2D eigenvalue weighted by atomic mass is 16.1. The molecule has 2 saturated carbocycles. The molecule has 1 nitrogen and oxygen atoms in total. The molecule has 0 heterocycles. The molecule has 0 radical (unpaired) electrons. The fourth-order valence-electron chi connectivity index (χ4n) is 3.22. The van der Waals surface area contributed by atoms with Crippen molar-refractivity contribution in [1.29, 1.82) is 0 Å². The first-order valence-corrected chi connectivity index (χ1v) is 6.40. The molecule has 0 aromatic rings. The van der Waals surface area contributed by atoms with Crippen molar-refractivity contribution in [2.45, 2.75) is 64.2 Å². The highest BCUT2D eigenvalue weighted by molar-refractivity contribution is 5.81. The summed E-state index contributed by atoms with van der Waals surface area (Å²) < 4.78 is 0. The number of hydrogen-bond donors (Lipinski definition) is 0. The minimum Gasteiger partial charge on any atom is -0.299 e. The number of Topliss-reactive ketones (excluding diaryl/α,β-unsaturated/α-hetero) is 1. The molecule has 1 unspecified atom stereocenters. The zero-order valence-corrected chi connectivity index (χ0v) is 9.13. The minimum absolute atomic E-state index is 0.460. The van der Waals surface area contributed by atoms with Crippen LogP contribution in [0.5, 0.6) is 0 Å². The van der Waals surface area contributed by atoms with Crippen molar-refractivity contribution in [3.63, 3.8) is 0 Å². The van der Waals surface area contributed by atoms with Gasteiger partial charge in [0.05, 0.1) is 0 Å². The van der Waals surface area contributed by atoms with Gasteiger partial charge in [-0.3, -0.25) is 4.79 Å². The first-order chi connectivity index (χ1) is 6.88. The molecule has 2 aliphatic rings. The SMILES string of the molecule is O=C1CCCCC1C1CCCCCC1. The Morgan fingerprint density at radius 3 is 2.07 bits per heavy atom. The van der Waals surface area contributed by atoms with Crippen LogP contribution < -0.4 is 0 Å². The molecule has 2 rings (SSSR count). The second kappa shape index (κ2) is 4.95. The van der Waals surface area contributed by atoms with Crippen LogP contribution in [0.2, 0.25) is 0 Å². The molecule has 0 spiro atoms. The van der Waals surface area contributed by atoms with Gasteiger partial charge in [-0.15, -0.1) is 0 Å². The Hall–Kier alpha value is -0.330. The van der Waals surface area contributed by atoms with Gasteiger partial charge in [-0.1, -0.05) is 32.1 Å². The van der Waals surface area contributed by atoms with E-state index in [1.165, 1.54) is 51.4 Å². The normalized spacial score (nSPS) is 31.4. The summed E-state index contributed by atoms with van der Waals surface area (Å²) in [4.78, 5) is 11.8. The van der Waals surface area contributed by atoms with Crippen molar-refractivity contribution >= 4 is 5.78 Å². The average Bonchev–Trinajstić information content (AvgIpc) is 2.47. The van der Waals surface area contributed by atoms with E-state index < -0.39 is 0 Å². The van der Waals surface area contributed by atoms with Gasteiger partial charge in [0.2, 0.25) is 0 Å². The molecule has 14 heavy (non-hydrogen) atoms. The molecule has 0 aliphatic heterocycles. The van der Waals surface area contributed by atoms with Crippen LogP contribution >= 0.6 is 0 Å². The largest absolute Gasteiger partial charge is 0.299 e. The summed E-state index contributed by atoms with van der Waals surface area (Å²) in [5, 5.41) is 0. The van der Waals surface area contributed by atoms with Gasteiger partial charge in [0.15, 0.2) is 0 Å². The van der Waals surface area contributed by atoms with Crippen LogP contribution in [0.15, 0.2) is 0 Å². The van der Waals surface area contributed by atoms with Gasteiger partial charge in [-0.25, -0.2) is 0 Å². The van der Waals surface area contributed by atoms with E-state index in [1.54, 1.807) is 0 Å². The molecule has 0 aromatic heterocycles. The van der Waals surface area contributed by atoms with Crippen LogP contribution in [0.3, 0.4) is 0 Å². The molecule has 80 valence electrons. The number of carbonyl (C=O) groups excluding carboxylic acids is 1. The highest BCUT2D eigenvalue weighted by Crippen LogP contribution is 2.35. The van der Waals surface area contributed by atoms with Crippen molar-refractivity contribution in [3.8, 4) is 0 Å². The fraction of sp³-hybridized carbons (Fsp3) is 0.923. The summed E-state index contributed by atoms with van der Waals surface area (Å²) in [6.45, 7) is 0. The van der Waals surface area contributed by atoms with Gasteiger partial charge in [0.1, 0.15) is 5.78 Å². The second-order valence-corrected chi connectivity index (χ2v) is 5.07. The quantitative estimate of drug-likeness (QED) is 0.581. The first kappa shape index (κ1) is 10.2. The Bertz CT molecular complexity index is 189. The zero-order valence-electron chi connectivity index (χ0n) is 9.13. The van der Waals surface area contributed by atoms with Crippen molar-refractivity contribution in [3.05, 3.63) is 0 Å². The number of rotatable bonds is 1. The Morgan fingerprint density at radius 1 is 0.786 bits per heavy atom. The minimum atomic E-state index is 0.460. The maximum atomic E-state index is 11.8. The average molecular weight is 194 g/mol. The lowest BCUT2D eigenvalue weighted by Crippen LogP contribution is -2.26. The van der Waals surface area contributed by atoms with Gasteiger partial charge in [0.25, 0.3) is 0 Å². The monoisotopic (exact) mass is 194 g/mol. The van der Waals surface area contributed by atoms with E-state index in [4.69, 9.17) is 0 Å². The van der Waals surface area contributed by atoms with Crippen LogP contribution in [0.4, 0.5) is 0 Å². The summed E-state index contributed by atoms with van der Waals surface area (Å²) in [7, 11) is 0. The van der Waals surface area contributed by atoms with E-state index in [0.29, 0.717) is 11.7 Å². The lowest BCUT2D eigenvalue weighted by atomic mass is 9.76. The Kier molecular flexibility index (Phi) is 3.61. The van der Waals surface area contributed by atoms with Crippen LogP contribution in [0.25, 0.3) is 0 Å². The van der Waals surface area contributed by atoms with Gasteiger partial charge >= 0.3 is 0 Å². The summed E-state index contributed by atoms with van der Waals surface area (Å²) in [6.07, 6.45) is 12.7. The van der Waals surface area contributed by atoms with Crippen LogP contribution in [0, 0.1) is 11.8 Å². The molecule has 2 fully saturated rings. The maximum Gasteiger partial charge on any atom is 0.136 e. The van der Waals surface area contributed by atoms with Crippen LogP contribution in [-0.4, -0.2) is 5.78 Å². The van der Waals surface area contributed by atoms with E-state index in [-0.39, 0.29) is 0 Å². The number of carbonyl (C=O) groups is 1. The Morgan fingerprint density at radius 2 is 1.43 bits per heavy atom. The molecule has 1 atom stereocenters. The van der Waals surface area contributed by atoms with Crippen molar-refractivity contribution in [2.24, 2.45) is 11.8 Å². The smallest absolute Gasteiger partial charge is 0.136 e. The van der Waals surface area contributed by atoms with Gasteiger partial charge in [-0.05, 0) is 31.6 Å². The molecule has 0 saturated heterocycles. The standard InChI is InChI=1S/C13H22O/c14-13-10-6-5-9-12(13)11-7-3-1-2-4-8-11/h11-12H,1-10H2. The zero-order chi connectivity index (χ0) is 9.80. The molecular formula is C13H22O. The van der Waals surface area contributed by atoms with E-state index in [1.807, 2.05) is 0 Å². The Balaban J connectivity index is 1.93. The predicted molar refractivity (Wildman–Crippen MR) is 58.2 cm³/mol. The highest BCUT2D eigenvalue weighted by Gasteiger charge is 2.30. The van der Waals surface area contributed by atoms with Crippen molar-refractivity contribution < 1.29 is 4.79 Å². The molecule has 0 amide bonds. The predicted octanol–water partition coefficient (Wildman–Crippen LogP) is 3.72. The van der Waals surface area contributed by atoms with E-state index in [2.05, 4.69) is 0 Å². The van der Waals surface area contributed by atoms with Gasteiger partial charge in [0, 0.05) is 12.3 Å². The summed E-state index contributed by atoms with van der Waals surface area (Å²) in [5.74, 6) is 1.80. The molecular weight excluding hydrogens is 172 g/mol. The Labute approximate surface area is 87.3 Å². The van der Waals surface area contributed by atoms with E-state index in [0.717, 1.165) is 18.8 Å². The maximum absolute atomic E-state index is 11.8. The summed E-state index contributed by atoms with van der Waals surface area (Å²) >= 11 is 0. The molecule has 2 aliphatic carbocycles. The summed E-state index contributed by atoms with van der Waals surface area (Å²) in [5.41, 5.74) is 0. The van der Waals surface area contributed by atoms with Crippen LogP contribution in [-0.2, 0) is 4.79 Å². The number of hydrogen-bond acceptors (Lipinski definition) is 1. The van der Waals surface area contributed by atoms with E-state index >= 15 is 0 Å². The summed E-state index contributed by atoms with van der Waals surface area (Å²) in [6, 6.07) is 0. The third-order valence-electron chi connectivity index (χ3n) is 4.07. The second-order valence-electron chi connectivity index (χ2n) is 5.07. The third kappa shape index (κ3) is 2.37. The fourth-order valence-corrected chi connectivity index (χ4v) is 3.22.